The molecule has 2 aliphatic rings. The number of hydrogen-bond donors (Lipinski definition) is 1. The standard InChI is InChI=1S/C23H30N4O2/c1-4-5-6-7-12-29-17-10-8-16(9-11-17)21-20-18(13-23(2,3)14-19(20)28)26-22-24-15-25-27(21)22/h8-11,15,21H,4-7,12-14H2,1-3H3,(H,24,25,26)/t21-/m0/s1. The van der Waals surface area contributed by atoms with Crippen molar-refractivity contribution in [3.05, 3.63) is 47.4 Å². The van der Waals surface area contributed by atoms with Crippen molar-refractivity contribution in [3.63, 3.8) is 0 Å². The fourth-order valence-corrected chi connectivity index (χ4v) is 4.32. The fourth-order valence-electron chi connectivity index (χ4n) is 4.32. The average Bonchev–Trinajstić information content (AvgIpc) is 3.14. The van der Waals surface area contributed by atoms with E-state index in [-0.39, 0.29) is 17.2 Å². The van der Waals surface area contributed by atoms with Gasteiger partial charge in [0.2, 0.25) is 5.95 Å². The van der Waals surface area contributed by atoms with Crippen LogP contribution in [0.5, 0.6) is 5.75 Å². The average molecular weight is 395 g/mol. The van der Waals surface area contributed by atoms with Crippen molar-refractivity contribution in [2.75, 3.05) is 11.9 Å². The van der Waals surface area contributed by atoms with Crippen molar-refractivity contribution in [2.45, 2.75) is 65.3 Å². The number of ketones is 1. The number of hydrogen-bond acceptors (Lipinski definition) is 5. The van der Waals surface area contributed by atoms with Gasteiger partial charge in [0.15, 0.2) is 5.78 Å². The van der Waals surface area contributed by atoms with Crippen LogP contribution in [0.2, 0.25) is 0 Å². The molecule has 1 aliphatic carbocycles. The van der Waals surface area contributed by atoms with E-state index < -0.39 is 0 Å². The van der Waals surface area contributed by atoms with Gasteiger partial charge in [-0.1, -0.05) is 52.2 Å². The highest BCUT2D eigenvalue weighted by atomic mass is 16.5. The molecule has 1 aromatic carbocycles. The smallest absolute Gasteiger partial charge is 0.226 e. The Balaban J connectivity index is 1.58. The summed E-state index contributed by atoms with van der Waals surface area (Å²) in [6.45, 7) is 7.22. The number of aromatic nitrogens is 3. The van der Waals surface area contributed by atoms with Gasteiger partial charge in [-0.3, -0.25) is 4.79 Å². The second-order valence-corrected chi connectivity index (χ2v) is 8.87. The molecule has 2 aromatic rings. The molecule has 1 atom stereocenters. The predicted octanol–water partition coefficient (Wildman–Crippen LogP) is 4.90. The molecule has 0 unspecified atom stereocenters. The van der Waals surface area contributed by atoms with E-state index in [0.717, 1.165) is 42.0 Å². The number of nitrogens with one attached hydrogen (secondary N) is 1. The van der Waals surface area contributed by atoms with Gasteiger partial charge < -0.3 is 10.1 Å². The topological polar surface area (TPSA) is 69.0 Å². The van der Waals surface area contributed by atoms with Crippen molar-refractivity contribution in [1.82, 2.24) is 14.8 Å². The Kier molecular flexibility index (Phi) is 5.43. The lowest BCUT2D eigenvalue weighted by Crippen LogP contribution is -2.36. The number of ether oxygens (including phenoxy) is 1. The van der Waals surface area contributed by atoms with Crippen LogP contribution in [0.25, 0.3) is 0 Å². The zero-order chi connectivity index (χ0) is 20.4. The summed E-state index contributed by atoms with van der Waals surface area (Å²) in [5.74, 6) is 1.74. The second kappa shape index (κ2) is 8.01. The predicted molar refractivity (Wildman–Crippen MR) is 113 cm³/mol. The maximum Gasteiger partial charge on any atom is 0.226 e. The van der Waals surface area contributed by atoms with Gasteiger partial charge in [0, 0.05) is 17.7 Å². The van der Waals surface area contributed by atoms with E-state index in [1.807, 2.05) is 28.9 Å². The van der Waals surface area contributed by atoms with Crippen LogP contribution in [0.3, 0.4) is 0 Å². The highest BCUT2D eigenvalue weighted by Gasteiger charge is 2.41. The van der Waals surface area contributed by atoms with Gasteiger partial charge in [-0.2, -0.15) is 10.1 Å². The molecule has 0 spiro atoms. The Morgan fingerprint density at radius 1 is 1.17 bits per heavy atom. The van der Waals surface area contributed by atoms with Crippen LogP contribution in [0, 0.1) is 5.41 Å². The quantitative estimate of drug-likeness (QED) is 0.677. The molecule has 0 fully saturated rings. The SMILES string of the molecule is CCCCCCOc1ccc([C@H]2C3=C(CC(C)(C)CC3=O)Nc3ncnn32)cc1. The van der Waals surface area contributed by atoms with Crippen molar-refractivity contribution < 1.29 is 9.53 Å². The Labute approximate surface area is 172 Å². The van der Waals surface area contributed by atoms with E-state index in [9.17, 15) is 4.79 Å². The normalized spacial score (nSPS) is 20.1. The van der Waals surface area contributed by atoms with E-state index >= 15 is 0 Å². The molecule has 0 saturated heterocycles. The first kappa shape index (κ1) is 19.7. The van der Waals surface area contributed by atoms with Crippen molar-refractivity contribution in [3.8, 4) is 5.75 Å². The largest absolute Gasteiger partial charge is 0.494 e. The summed E-state index contributed by atoms with van der Waals surface area (Å²) in [4.78, 5) is 17.4. The Morgan fingerprint density at radius 2 is 1.97 bits per heavy atom. The minimum Gasteiger partial charge on any atom is -0.494 e. The summed E-state index contributed by atoms with van der Waals surface area (Å²) >= 11 is 0. The van der Waals surface area contributed by atoms with E-state index in [0.29, 0.717) is 12.4 Å². The van der Waals surface area contributed by atoms with Crippen LogP contribution in [-0.2, 0) is 4.79 Å². The number of rotatable bonds is 7. The second-order valence-electron chi connectivity index (χ2n) is 8.87. The molecule has 154 valence electrons. The van der Waals surface area contributed by atoms with Crippen LogP contribution < -0.4 is 10.1 Å². The Hall–Kier alpha value is -2.63. The lowest BCUT2D eigenvalue weighted by atomic mass is 9.73. The van der Waals surface area contributed by atoms with E-state index in [4.69, 9.17) is 4.74 Å². The van der Waals surface area contributed by atoms with Gasteiger partial charge >= 0.3 is 0 Å². The van der Waals surface area contributed by atoms with Crippen molar-refractivity contribution in [2.24, 2.45) is 5.41 Å². The van der Waals surface area contributed by atoms with Gasteiger partial charge in [-0.05, 0) is 36.0 Å². The summed E-state index contributed by atoms with van der Waals surface area (Å²) in [6.07, 6.45) is 7.67. The summed E-state index contributed by atoms with van der Waals surface area (Å²) in [6, 6.07) is 7.82. The molecule has 4 rings (SSSR count). The maximum atomic E-state index is 13.1. The number of allylic oxidation sites excluding steroid dienone is 2. The third-order valence-corrected chi connectivity index (χ3v) is 5.74. The molecular formula is C23H30N4O2. The molecule has 29 heavy (non-hydrogen) atoms. The monoisotopic (exact) mass is 394 g/mol. The van der Waals surface area contributed by atoms with Crippen LogP contribution in [0.4, 0.5) is 5.95 Å². The zero-order valence-corrected chi connectivity index (χ0v) is 17.6. The number of unbranched alkanes of at least 4 members (excludes halogenated alkanes) is 3. The first-order chi connectivity index (χ1) is 14.0. The molecule has 1 aliphatic heterocycles. The zero-order valence-electron chi connectivity index (χ0n) is 17.6. The van der Waals surface area contributed by atoms with Crippen LogP contribution in [-0.4, -0.2) is 27.2 Å². The molecule has 0 bridgehead atoms. The molecular weight excluding hydrogens is 364 g/mol. The number of Topliss-reactive ketones (excluding diaryl/α,β-unsaturated/α-hetero) is 1. The van der Waals surface area contributed by atoms with Gasteiger partial charge in [-0.15, -0.1) is 0 Å². The number of benzene rings is 1. The number of carbonyl (C=O) groups excluding carboxylic acids is 1. The Bertz CT molecular complexity index is 911. The van der Waals surface area contributed by atoms with Gasteiger partial charge in [0.05, 0.1) is 6.61 Å². The number of anilines is 1. The highest BCUT2D eigenvalue weighted by Crippen LogP contribution is 2.45. The first-order valence-corrected chi connectivity index (χ1v) is 10.6. The van der Waals surface area contributed by atoms with Crippen molar-refractivity contribution in [1.29, 1.82) is 0 Å². The van der Waals surface area contributed by atoms with Crippen LogP contribution in [0.1, 0.15) is 70.9 Å². The Morgan fingerprint density at radius 3 is 2.72 bits per heavy atom. The van der Waals surface area contributed by atoms with Gasteiger partial charge in [0.1, 0.15) is 18.1 Å². The van der Waals surface area contributed by atoms with Gasteiger partial charge in [0.25, 0.3) is 0 Å². The molecule has 2 heterocycles. The molecule has 0 radical (unpaired) electrons. The minimum absolute atomic E-state index is 0.0505. The maximum absolute atomic E-state index is 13.1. The summed E-state index contributed by atoms with van der Waals surface area (Å²) < 4.78 is 7.69. The number of carbonyl (C=O) groups is 1. The number of nitrogens with zero attached hydrogens (tertiary/aromatic N) is 3. The summed E-state index contributed by atoms with van der Waals surface area (Å²) in [5, 5.41) is 7.75. The molecule has 1 N–H and O–H groups in total. The van der Waals surface area contributed by atoms with Crippen molar-refractivity contribution >= 4 is 11.7 Å². The minimum atomic E-state index is -0.244. The lowest BCUT2D eigenvalue weighted by Gasteiger charge is -2.38. The molecule has 0 saturated carbocycles. The first-order valence-electron chi connectivity index (χ1n) is 10.6. The van der Waals surface area contributed by atoms with Crippen LogP contribution in [0.15, 0.2) is 41.9 Å². The lowest BCUT2D eigenvalue weighted by molar-refractivity contribution is -0.118. The molecule has 1 aromatic heterocycles. The third kappa shape index (κ3) is 4.07. The van der Waals surface area contributed by atoms with E-state index in [1.165, 1.54) is 25.6 Å². The van der Waals surface area contributed by atoms with Gasteiger partial charge in [-0.25, -0.2) is 4.68 Å². The number of fused-ring (bicyclic) bond motifs is 1. The molecule has 6 heteroatoms. The molecule has 0 amide bonds. The van der Waals surface area contributed by atoms with Crippen LogP contribution >= 0.6 is 0 Å². The fraction of sp³-hybridized carbons (Fsp3) is 0.522. The highest BCUT2D eigenvalue weighted by molar-refractivity contribution is 6.00. The van der Waals surface area contributed by atoms with E-state index in [2.05, 4.69) is 36.2 Å². The molecule has 6 nitrogen and oxygen atoms in total. The summed E-state index contributed by atoms with van der Waals surface area (Å²) in [5.41, 5.74) is 2.77. The third-order valence-electron chi connectivity index (χ3n) is 5.74. The summed E-state index contributed by atoms with van der Waals surface area (Å²) in [7, 11) is 0. The van der Waals surface area contributed by atoms with E-state index in [1.54, 1.807) is 0 Å².